The summed E-state index contributed by atoms with van der Waals surface area (Å²) in [5.74, 6) is -4.65. The van der Waals surface area contributed by atoms with Crippen molar-refractivity contribution in [2.24, 2.45) is 0 Å². The number of amides is 1. The molecule has 2 aromatic heterocycles. The van der Waals surface area contributed by atoms with E-state index in [4.69, 9.17) is 0 Å². The van der Waals surface area contributed by atoms with E-state index in [-0.39, 0.29) is 21.1 Å². The molecule has 0 aliphatic rings. The third-order valence-corrected chi connectivity index (χ3v) is 4.44. The molecule has 0 atom stereocenters. The second kappa shape index (κ2) is 6.50. The number of thioether (sulfide) groups is 1. The van der Waals surface area contributed by atoms with E-state index in [0.29, 0.717) is 5.16 Å². The van der Waals surface area contributed by atoms with Gasteiger partial charge in [0.05, 0.1) is 10.5 Å². The highest BCUT2D eigenvalue weighted by molar-refractivity contribution is 7.99. The smallest absolute Gasteiger partial charge is 0.236 e. The highest BCUT2D eigenvalue weighted by Gasteiger charge is 2.18. The summed E-state index contributed by atoms with van der Waals surface area (Å²) < 4.78 is 40.0. The molecule has 2 heterocycles. The summed E-state index contributed by atoms with van der Waals surface area (Å²) in [6.45, 7) is 0. The fraction of sp³-hybridized carbons (Fsp3) is 0.0769. The fourth-order valence-electron chi connectivity index (χ4n) is 1.67. The highest BCUT2D eigenvalue weighted by Crippen LogP contribution is 2.30. The van der Waals surface area contributed by atoms with E-state index < -0.39 is 23.4 Å². The lowest BCUT2D eigenvalue weighted by atomic mass is 10.3. The molecule has 1 N–H and O–H groups in total. The van der Waals surface area contributed by atoms with Gasteiger partial charge in [0.25, 0.3) is 0 Å². The van der Waals surface area contributed by atoms with Crippen LogP contribution in [0.1, 0.15) is 0 Å². The van der Waals surface area contributed by atoms with Crippen molar-refractivity contribution < 1.29 is 18.0 Å². The molecule has 1 aromatic carbocycles. The molecule has 0 radical (unpaired) electrons. The van der Waals surface area contributed by atoms with Gasteiger partial charge in [-0.05, 0) is 12.1 Å². The second-order valence-electron chi connectivity index (χ2n) is 4.22. The quantitative estimate of drug-likeness (QED) is 0.442. The Morgan fingerprint density at radius 1 is 1.22 bits per heavy atom. The summed E-state index contributed by atoms with van der Waals surface area (Å²) in [5, 5.41) is 2.94. The molecule has 118 valence electrons. The molecule has 1 amide bonds. The zero-order valence-electron chi connectivity index (χ0n) is 11.2. The van der Waals surface area contributed by atoms with Crippen LogP contribution < -0.4 is 5.32 Å². The maximum absolute atomic E-state index is 13.6. The molecule has 0 fully saturated rings. The normalized spacial score (nSPS) is 10.9. The first-order valence-electron chi connectivity index (χ1n) is 6.18. The Bertz CT molecular complexity index is 873. The lowest BCUT2D eigenvalue weighted by molar-refractivity contribution is -0.113. The Morgan fingerprint density at radius 2 is 1.96 bits per heavy atom. The van der Waals surface area contributed by atoms with Gasteiger partial charge in [0, 0.05) is 12.4 Å². The van der Waals surface area contributed by atoms with Gasteiger partial charge in [0.2, 0.25) is 5.91 Å². The zero-order valence-corrected chi connectivity index (χ0v) is 12.8. The first-order valence-corrected chi connectivity index (χ1v) is 7.98. The molecule has 3 aromatic rings. The summed E-state index contributed by atoms with van der Waals surface area (Å²) >= 11 is 1.97. The lowest BCUT2D eigenvalue weighted by Gasteiger charge is -2.00. The zero-order chi connectivity index (χ0) is 16.4. The van der Waals surface area contributed by atoms with E-state index >= 15 is 0 Å². The molecule has 0 unspecified atom stereocenters. The van der Waals surface area contributed by atoms with E-state index in [9.17, 15) is 18.0 Å². The molecule has 0 aliphatic heterocycles. The van der Waals surface area contributed by atoms with Gasteiger partial charge in [-0.15, -0.1) is 0 Å². The van der Waals surface area contributed by atoms with Crippen molar-refractivity contribution >= 4 is 44.4 Å². The second-order valence-corrected chi connectivity index (χ2v) is 6.19. The van der Waals surface area contributed by atoms with E-state index in [1.165, 1.54) is 0 Å². The molecule has 3 rings (SSSR count). The van der Waals surface area contributed by atoms with Crippen molar-refractivity contribution in [1.29, 1.82) is 0 Å². The molecular weight excluding hydrogens is 349 g/mol. The van der Waals surface area contributed by atoms with Crippen LogP contribution in [0, 0.1) is 17.5 Å². The standard InChI is InChI=1S/C13H7F3N4OS2/c14-6-4-7-11(10(16)9(6)15)20-13(23-7)19-8(21)5-22-12-17-2-1-3-18-12/h1-4H,5H2,(H,19,20,21). The van der Waals surface area contributed by atoms with Gasteiger partial charge in [-0.3, -0.25) is 4.79 Å². The van der Waals surface area contributed by atoms with Gasteiger partial charge < -0.3 is 5.32 Å². The van der Waals surface area contributed by atoms with Gasteiger partial charge in [-0.25, -0.2) is 28.1 Å². The minimum absolute atomic E-state index is 0.0190. The molecule has 0 saturated heterocycles. The van der Waals surface area contributed by atoms with Crippen molar-refractivity contribution in [3.63, 3.8) is 0 Å². The number of benzene rings is 1. The minimum Gasteiger partial charge on any atom is -0.301 e. The Balaban J connectivity index is 1.71. The van der Waals surface area contributed by atoms with Crippen molar-refractivity contribution in [1.82, 2.24) is 15.0 Å². The number of fused-ring (bicyclic) bond motifs is 1. The van der Waals surface area contributed by atoms with Crippen LogP contribution in [0.4, 0.5) is 18.3 Å². The summed E-state index contributed by atoms with van der Waals surface area (Å²) in [5.41, 5.74) is -0.316. The number of halogens is 3. The maximum atomic E-state index is 13.6. The van der Waals surface area contributed by atoms with E-state index in [2.05, 4.69) is 20.3 Å². The fourth-order valence-corrected chi connectivity index (χ4v) is 3.18. The Labute approximate surface area is 136 Å². The first kappa shape index (κ1) is 15.7. The van der Waals surface area contributed by atoms with Gasteiger partial charge in [-0.2, -0.15) is 0 Å². The predicted molar refractivity (Wildman–Crippen MR) is 80.9 cm³/mol. The van der Waals surface area contributed by atoms with Crippen LogP contribution in [-0.4, -0.2) is 26.6 Å². The van der Waals surface area contributed by atoms with Gasteiger partial charge in [0.15, 0.2) is 27.7 Å². The monoisotopic (exact) mass is 356 g/mol. The van der Waals surface area contributed by atoms with E-state index in [1.54, 1.807) is 18.5 Å². The molecule has 0 saturated carbocycles. The number of aromatic nitrogens is 3. The Kier molecular flexibility index (Phi) is 4.44. The van der Waals surface area contributed by atoms with Crippen LogP contribution in [0.25, 0.3) is 10.2 Å². The van der Waals surface area contributed by atoms with Crippen LogP contribution in [-0.2, 0) is 4.79 Å². The number of thiazole rings is 1. The number of hydrogen-bond donors (Lipinski definition) is 1. The minimum atomic E-state index is -1.59. The van der Waals surface area contributed by atoms with Crippen molar-refractivity contribution in [2.45, 2.75) is 5.16 Å². The van der Waals surface area contributed by atoms with E-state index in [0.717, 1.165) is 29.2 Å². The average molecular weight is 356 g/mol. The van der Waals surface area contributed by atoms with Crippen LogP contribution in [0.15, 0.2) is 29.7 Å². The van der Waals surface area contributed by atoms with Crippen LogP contribution in [0.2, 0.25) is 0 Å². The maximum Gasteiger partial charge on any atom is 0.236 e. The largest absolute Gasteiger partial charge is 0.301 e. The van der Waals surface area contributed by atoms with Crippen molar-refractivity contribution in [3.8, 4) is 0 Å². The number of nitrogens with one attached hydrogen (secondary N) is 1. The third-order valence-electron chi connectivity index (χ3n) is 2.64. The first-order chi connectivity index (χ1) is 11.0. The van der Waals surface area contributed by atoms with Crippen LogP contribution in [0.5, 0.6) is 0 Å². The molecule has 10 heteroatoms. The van der Waals surface area contributed by atoms with Gasteiger partial charge in [0.1, 0.15) is 5.52 Å². The third kappa shape index (κ3) is 3.42. The predicted octanol–water partition coefficient (Wildman–Crippen LogP) is 3.23. The van der Waals surface area contributed by atoms with Gasteiger partial charge >= 0.3 is 0 Å². The average Bonchev–Trinajstić information content (AvgIpc) is 2.94. The number of nitrogens with zero attached hydrogens (tertiary/aromatic N) is 3. The summed E-state index contributed by atoms with van der Waals surface area (Å²) in [6.07, 6.45) is 3.10. The molecule has 0 aliphatic carbocycles. The Hall–Kier alpha value is -2.20. The number of anilines is 1. The summed E-state index contributed by atoms with van der Waals surface area (Å²) in [4.78, 5) is 23.5. The molecule has 0 spiro atoms. The van der Waals surface area contributed by atoms with E-state index in [1.807, 2.05) is 0 Å². The van der Waals surface area contributed by atoms with Crippen LogP contribution >= 0.6 is 23.1 Å². The lowest BCUT2D eigenvalue weighted by Crippen LogP contribution is -2.14. The van der Waals surface area contributed by atoms with Gasteiger partial charge in [-0.1, -0.05) is 23.1 Å². The van der Waals surface area contributed by atoms with Crippen molar-refractivity contribution in [2.75, 3.05) is 11.1 Å². The SMILES string of the molecule is O=C(CSc1ncccn1)Nc1nc2c(F)c(F)c(F)cc2s1. The molecule has 0 bridgehead atoms. The van der Waals surface area contributed by atoms with Crippen LogP contribution in [0.3, 0.4) is 0 Å². The highest BCUT2D eigenvalue weighted by atomic mass is 32.2. The summed E-state index contributed by atoms with van der Waals surface area (Å²) in [7, 11) is 0. The summed E-state index contributed by atoms with van der Waals surface area (Å²) in [6, 6.07) is 2.49. The molecule has 23 heavy (non-hydrogen) atoms. The number of hydrogen-bond acceptors (Lipinski definition) is 6. The van der Waals surface area contributed by atoms with Crippen molar-refractivity contribution in [3.05, 3.63) is 42.0 Å². The number of rotatable bonds is 4. The topological polar surface area (TPSA) is 67.8 Å². The molecular formula is C13H7F3N4OS2. The number of carbonyl (C=O) groups excluding carboxylic acids is 1. The number of carbonyl (C=O) groups is 1. The Morgan fingerprint density at radius 3 is 2.70 bits per heavy atom. The molecule has 5 nitrogen and oxygen atoms in total.